The molecule has 0 spiro atoms. The van der Waals surface area contributed by atoms with Crippen LogP contribution in [-0.2, 0) is 9.53 Å². The van der Waals surface area contributed by atoms with E-state index in [1.165, 1.54) is 6.92 Å². The van der Waals surface area contributed by atoms with E-state index in [2.05, 4.69) is 5.32 Å². The molecule has 0 bridgehead atoms. The minimum Gasteiger partial charge on any atom is -0.462 e. The number of ether oxygens (including phenoxy) is 1. The molecule has 1 N–H and O–H groups in total. The fraction of sp³-hybridized carbons (Fsp3) is 0.412. The van der Waals surface area contributed by atoms with Crippen LogP contribution in [0, 0.1) is 34.5 Å². The number of nitrogens with zero attached hydrogens (tertiary/aromatic N) is 1. The zero-order valence-corrected chi connectivity index (χ0v) is 14.6. The minimum absolute atomic E-state index is 0.0197. The number of Topliss-reactive ketones (excluding diaryl/α,β-unsaturated/α-hetero) is 1. The minimum atomic E-state index is -1.97. The van der Waals surface area contributed by atoms with Gasteiger partial charge in [0, 0.05) is 17.8 Å². The molecule has 0 amide bonds. The summed E-state index contributed by atoms with van der Waals surface area (Å²) in [7, 11) is 0. The molecule has 1 fully saturated rings. The highest BCUT2D eigenvalue weighted by atomic mass is 19.2. The van der Waals surface area contributed by atoms with Gasteiger partial charge in [0.2, 0.25) is 11.6 Å². The Hall–Kier alpha value is -2.91. The van der Waals surface area contributed by atoms with Crippen LogP contribution in [0.25, 0.3) is 0 Å². The molecule has 0 radical (unpaired) electrons. The zero-order chi connectivity index (χ0) is 20.3. The van der Waals surface area contributed by atoms with E-state index in [0.29, 0.717) is 0 Å². The summed E-state index contributed by atoms with van der Waals surface area (Å²) in [6.45, 7) is 2.17. The Morgan fingerprint density at radius 1 is 1.26 bits per heavy atom. The van der Waals surface area contributed by atoms with Gasteiger partial charge in [0.15, 0.2) is 5.82 Å². The van der Waals surface area contributed by atoms with E-state index >= 15 is 0 Å². The standard InChI is InChI=1S/C17H17F3N2O5/c1-3-27-17(24)10(7-21-9-5-4-6-9)16(23)11-12(18)8(2)13(19)14(20)15(11)22(25)26/h7,9,21H,3-6H2,1-2H3. The van der Waals surface area contributed by atoms with Gasteiger partial charge in [-0.25, -0.2) is 13.6 Å². The highest BCUT2D eigenvalue weighted by molar-refractivity contribution is 6.25. The van der Waals surface area contributed by atoms with Crippen molar-refractivity contribution >= 4 is 17.4 Å². The lowest BCUT2D eigenvalue weighted by Gasteiger charge is -2.25. The number of nitro groups is 1. The third kappa shape index (κ3) is 3.93. The van der Waals surface area contributed by atoms with E-state index in [9.17, 15) is 32.9 Å². The number of esters is 1. The van der Waals surface area contributed by atoms with Crippen LogP contribution in [-0.4, -0.2) is 29.3 Å². The Morgan fingerprint density at radius 3 is 2.37 bits per heavy atom. The maximum Gasteiger partial charge on any atom is 0.343 e. The molecule has 1 aromatic carbocycles. The summed E-state index contributed by atoms with van der Waals surface area (Å²) in [5.74, 6) is -7.98. The van der Waals surface area contributed by atoms with Gasteiger partial charge in [-0.05, 0) is 33.1 Å². The van der Waals surface area contributed by atoms with Crippen molar-refractivity contribution in [2.24, 2.45) is 0 Å². The number of nitrogens with one attached hydrogen (secondary N) is 1. The Bertz CT molecular complexity index is 835. The molecule has 1 aliphatic rings. The summed E-state index contributed by atoms with van der Waals surface area (Å²) in [6.07, 6.45) is 3.47. The Morgan fingerprint density at radius 2 is 1.89 bits per heavy atom. The molecule has 1 saturated carbocycles. The van der Waals surface area contributed by atoms with Crippen molar-refractivity contribution in [3.63, 3.8) is 0 Å². The van der Waals surface area contributed by atoms with Crippen LogP contribution in [0.5, 0.6) is 0 Å². The number of carbonyl (C=O) groups is 2. The van der Waals surface area contributed by atoms with Crippen LogP contribution in [0.4, 0.5) is 18.9 Å². The molecule has 0 saturated heterocycles. The maximum atomic E-state index is 14.5. The van der Waals surface area contributed by atoms with E-state index in [4.69, 9.17) is 4.74 Å². The van der Waals surface area contributed by atoms with Crippen molar-refractivity contribution in [1.29, 1.82) is 0 Å². The number of carbonyl (C=O) groups excluding carboxylic acids is 2. The predicted octanol–water partition coefficient (Wildman–Crippen LogP) is 3.09. The SMILES string of the molecule is CCOC(=O)C(=CNC1CCC1)C(=O)c1c(F)c(C)c(F)c(F)c1[N+](=O)[O-]. The highest BCUT2D eigenvalue weighted by Gasteiger charge is 2.37. The smallest absolute Gasteiger partial charge is 0.343 e. The summed E-state index contributed by atoms with van der Waals surface area (Å²) in [5.41, 5.74) is -4.64. The molecule has 7 nitrogen and oxygen atoms in total. The van der Waals surface area contributed by atoms with E-state index in [-0.39, 0.29) is 12.6 Å². The van der Waals surface area contributed by atoms with Crippen molar-refractivity contribution in [3.8, 4) is 0 Å². The predicted molar refractivity (Wildman–Crippen MR) is 87.5 cm³/mol. The lowest BCUT2D eigenvalue weighted by atomic mass is 9.93. The number of benzene rings is 1. The first-order valence-corrected chi connectivity index (χ1v) is 8.20. The lowest BCUT2D eigenvalue weighted by molar-refractivity contribution is -0.388. The second kappa shape index (κ2) is 8.19. The fourth-order valence-electron chi connectivity index (χ4n) is 2.48. The molecular weight excluding hydrogens is 369 g/mol. The Kier molecular flexibility index (Phi) is 6.19. The maximum absolute atomic E-state index is 14.5. The van der Waals surface area contributed by atoms with Gasteiger partial charge in [0.05, 0.1) is 11.5 Å². The average Bonchev–Trinajstić information content (AvgIpc) is 2.57. The highest BCUT2D eigenvalue weighted by Crippen LogP contribution is 2.32. The first-order valence-electron chi connectivity index (χ1n) is 8.20. The normalized spacial score (nSPS) is 14.5. The molecule has 0 aromatic heterocycles. The van der Waals surface area contributed by atoms with Gasteiger partial charge in [-0.15, -0.1) is 0 Å². The summed E-state index contributed by atoms with van der Waals surface area (Å²) in [6, 6.07) is -0.0197. The number of hydrogen-bond donors (Lipinski definition) is 1. The molecule has 27 heavy (non-hydrogen) atoms. The van der Waals surface area contributed by atoms with Gasteiger partial charge >= 0.3 is 11.7 Å². The largest absolute Gasteiger partial charge is 0.462 e. The van der Waals surface area contributed by atoms with Crippen molar-refractivity contribution in [2.45, 2.75) is 39.2 Å². The second-order valence-electron chi connectivity index (χ2n) is 5.95. The van der Waals surface area contributed by atoms with Crippen molar-refractivity contribution in [1.82, 2.24) is 5.32 Å². The average molecular weight is 386 g/mol. The molecule has 0 heterocycles. The van der Waals surface area contributed by atoms with Gasteiger partial charge in [-0.1, -0.05) is 0 Å². The van der Waals surface area contributed by atoms with Crippen LogP contribution in [0.3, 0.4) is 0 Å². The number of ketones is 1. The van der Waals surface area contributed by atoms with E-state index in [0.717, 1.165) is 32.4 Å². The number of halogens is 3. The third-order valence-electron chi connectivity index (χ3n) is 4.23. The number of rotatable bonds is 7. The van der Waals surface area contributed by atoms with Crippen molar-refractivity contribution in [2.75, 3.05) is 6.61 Å². The van der Waals surface area contributed by atoms with Crippen molar-refractivity contribution in [3.05, 3.63) is 50.5 Å². The summed E-state index contributed by atoms with van der Waals surface area (Å²) < 4.78 is 46.9. The quantitative estimate of drug-likeness (QED) is 0.113. The molecule has 1 aromatic rings. The molecular formula is C17H17F3N2O5. The van der Waals surface area contributed by atoms with Gasteiger partial charge in [0.1, 0.15) is 17.0 Å². The summed E-state index contributed by atoms with van der Waals surface area (Å²) >= 11 is 0. The third-order valence-corrected chi connectivity index (χ3v) is 4.23. The molecule has 10 heteroatoms. The second-order valence-corrected chi connectivity index (χ2v) is 5.95. The first-order chi connectivity index (χ1) is 12.7. The van der Waals surface area contributed by atoms with Gasteiger partial charge in [-0.3, -0.25) is 14.9 Å². The van der Waals surface area contributed by atoms with Gasteiger partial charge < -0.3 is 10.1 Å². The van der Waals surface area contributed by atoms with E-state index in [1.807, 2.05) is 0 Å². The van der Waals surface area contributed by atoms with Gasteiger partial charge in [-0.2, -0.15) is 4.39 Å². The van der Waals surface area contributed by atoms with Crippen LogP contribution in [0.1, 0.15) is 42.1 Å². The number of nitro benzene ring substituents is 1. The fourth-order valence-corrected chi connectivity index (χ4v) is 2.48. The Balaban J connectivity index is 2.60. The van der Waals surface area contributed by atoms with Crippen LogP contribution < -0.4 is 5.32 Å². The van der Waals surface area contributed by atoms with E-state index in [1.54, 1.807) is 0 Å². The number of hydrogen-bond acceptors (Lipinski definition) is 6. The van der Waals surface area contributed by atoms with Gasteiger partial charge in [0.25, 0.3) is 0 Å². The zero-order valence-electron chi connectivity index (χ0n) is 14.6. The van der Waals surface area contributed by atoms with Crippen molar-refractivity contribution < 1.29 is 32.4 Å². The van der Waals surface area contributed by atoms with Crippen LogP contribution in [0.2, 0.25) is 0 Å². The first kappa shape index (κ1) is 20.4. The molecule has 0 atom stereocenters. The molecule has 146 valence electrons. The molecule has 1 aliphatic carbocycles. The van der Waals surface area contributed by atoms with E-state index < -0.39 is 56.5 Å². The Labute approximate surface area is 152 Å². The summed E-state index contributed by atoms with van der Waals surface area (Å²) in [4.78, 5) is 34.5. The molecule has 2 rings (SSSR count). The topological polar surface area (TPSA) is 98.5 Å². The molecule has 0 aliphatic heterocycles. The lowest BCUT2D eigenvalue weighted by Crippen LogP contribution is -2.33. The molecule has 0 unspecified atom stereocenters. The van der Waals surface area contributed by atoms with Crippen LogP contribution in [0.15, 0.2) is 11.8 Å². The monoisotopic (exact) mass is 386 g/mol. The summed E-state index contributed by atoms with van der Waals surface area (Å²) in [5, 5.41) is 13.9. The van der Waals surface area contributed by atoms with Crippen LogP contribution >= 0.6 is 0 Å².